The molecule has 0 aromatic carbocycles. The van der Waals surface area contributed by atoms with Crippen molar-refractivity contribution in [3.63, 3.8) is 0 Å². The van der Waals surface area contributed by atoms with Crippen LogP contribution in [0.15, 0.2) is 12.4 Å². The van der Waals surface area contributed by atoms with E-state index in [9.17, 15) is 19.5 Å². The Kier molecular flexibility index (Phi) is 3.37. The lowest BCUT2D eigenvalue weighted by Gasteiger charge is -2.32. The van der Waals surface area contributed by atoms with Crippen LogP contribution in [0.4, 0.5) is 0 Å². The molecular formula is C12H15N3O4. The molecule has 2 rings (SSSR count). The number of rotatable bonds is 3. The van der Waals surface area contributed by atoms with Crippen LogP contribution in [0.1, 0.15) is 31.4 Å². The number of nitrogens with zero attached hydrogens (tertiary/aromatic N) is 3. The van der Waals surface area contributed by atoms with Crippen LogP contribution in [0, 0.1) is 5.92 Å². The van der Waals surface area contributed by atoms with E-state index in [1.807, 2.05) is 0 Å². The van der Waals surface area contributed by atoms with Gasteiger partial charge in [0, 0.05) is 31.6 Å². The summed E-state index contributed by atoms with van der Waals surface area (Å²) in [6.07, 6.45) is 3.24. The van der Waals surface area contributed by atoms with Crippen molar-refractivity contribution in [1.29, 1.82) is 0 Å². The molecule has 1 aliphatic heterocycles. The molecule has 1 aromatic rings. The summed E-state index contributed by atoms with van der Waals surface area (Å²) >= 11 is 0. The lowest BCUT2D eigenvalue weighted by molar-refractivity contribution is -0.162. The lowest BCUT2D eigenvalue weighted by Crippen LogP contribution is -2.47. The van der Waals surface area contributed by atoms with Crippen LogP contribution in [0.5, 0.6) is 0 Å². The van der Waals surface area contributed by atoms with Crippen molar-refractivity contribution in [3.05, 3.63) is 18.0 Å². The average molecular weight is 265 g/mol. The second-order valence-corrected chi connectivity index (χ2v) is 4.86. The number of carboxylic acid groups (broad SMARTS) is 1. The molecule has 0 radical (unpaired) electrons. The van der Waals surface area contributed by atoms with E-state index < -0.39 is 23.8 Å². The molecule has 1 aromatic heterocycles. The second-order valence-electron chi connectivity index (χ2n) is 4.86. The van der Waals surface area contributed by atoms with Crippen LogP contribution in [-0.2, 0) is 21.4 Å². The number of carboxylic acids is 1. The number of likely N-dealkylation sites (tertiary alicyclic amines) is 1. The first kappa shape index (κ1) is 13.3. The highest BCUT2D eigenvalue weighted by atomic mass is 16.4. The van der Waals surface area contributed by atoms with Crippen LogP contribution in [0.3, 0.4) is 0 Å². The van der Waals surface area contributed by atoms with Gasteiger partial charge in [-0.05, 0) is 5.92 Å². The molecule has 7 nitrogen and oxygen atoms in total. The zero-order chi connectivity index (χ0) is 14.2. The third kappa shape index (κ3) is 2.49. The number of carbonyl (C=O) groups is 3. The monoisotopic (exact) mass is 265 g/mol. The summed E-state index contributed by atoms with van der Waals surface area (Å²) in [5.74, 6) is -2.16. The summed E-state index contributed by atoms with van der Waals surface area (Å²) in [6.45, 7) is 1.80. The summed E-state index contributed by atoms with van der Waals surface area (Å²) in [4.78, 5) is 36.2. The van der Waals surface area contributed by atoms with Gasteiger partial charge in [0.2, 0.25) is 11.8 Å². The van der Waals surface area contributed by atoms with Crippen molar-refractivity contribution in [3.8, 4) is 0 Å². The zero-order valence-electron chi connectivity index (χ0n) is 10.7. The fourth-order valence-electron chi connectivity index (χ4n) is 2.28. The number of hydrogen-bond donors (Lipinski definition) is 1. The highest BCUT2D eigenvalue weighted by Gasteiger charge is 2.40. The van der Waals surface area contributed by atoms with E-state index in [4.69, 9.17) is 0 Å². The minimum atomic E-state index is -1.29. The van der Waals surface area contributed by atoms with E-state index in [0.717, 1.165) is 4.90 Å². The summed E-state index contributed by atoms with van der Waals surface area (Å²) in [7, 11) is 1.64. The second kappa shape index (κ2) is 4.83. The molecule has 0 spiro atoms. The number of piperidine rings is 1. The number of aliphatic carboxylic acids is 1. The van der Waals surface area contributed by atoms with E-state index >= 15 is 0 Å². The van der Waals surface area contributed by atoms with Gasteiger partial charge in [0.25, 0.3) is 0 Å². The predicted octanol–water partition coefficient (Wildman–Crippen LogP) is 0.331. The fourth-order valence-corrected chi connectivity index (χ4v) is 2.28. The van der Waals surface area contributed by atoms with Gasteiger partial charge in [-0.2, -0.15) is 5.10 Å². The maximum atomic E-state index is 12.0. The van der Waals surface area contributed by atoms with Gasteiger partial charge in [0.1, 0.15) is 0 Å². The number of carbonyl (C=O) groups excluding carboxylic acids is 2. The fraction of sp³-hybridized carbons (Fsp3) is 0.500. The van der Waals surface area contributed by atoms with Crippen LogP contribution in [0.25, 0.3) is 0 Å². The van der Waals surface area contributed by atoms with E-state index in [2.05, 4.69) is 5.10 Å². The average Bonchev–Trinajstić information content (AvgIpc) is 2.69. The number of aromatic nitrogens is 2. The molecule has 102 valence electrons. The van der Waals surface area contributed by atoms with Crippen molar-refractivity contribution in [1.82, 2.24) is 14.7 Å². The molecule has 1 aliphatic rings. The van der Waals surface area contributed by atoms with Crippen LogP contribution in [0.2, 0.25) is 0 Å². The molecule has 7 heteroatoms. The Hall–Kier alpha value is -2.18. The van der Waals surface area contributed by atoms with Gasteiger partial charge in [-0.25, -0.2) is 4.79 Å². The molecule has 1 fully saturated rings. The standard InChI is InChI=1S/C12H15N3O4/c1-7-3-9(16)15(10(17)4-7)11(12(18)19)8-5-13-14(2)6-8/h5-7,11H,3-4H2,1-2H3,(H,18,19). The van der Waals surface area contributed by atoms with Gasteiger partial charge in [-0.3, -0.25) is 19.2 Å². The maximum absolute atomic E-state index is 12.0. The Bertz CT molecular complexity index is 519. The summed E-state index contributed by atoms with van der Waals surface area (Å²) in [6, 6.07) is -1.29. The number of amides is 2. The molecule has 1 unspecified atom stereocenters. The number of aryl methyl sites for hydroxylation is 1. The van der Waals surface area contributed by atoms with Gasteiger partial charge in [0.15, 0.2) is 6.04 Å². The highest BCUT2D eigenvalue weighted by molar-refractivity contribution is 6.01. The predicted molar refractivity (Wildman–Crippen MR) is 63.8 cm³/mol. The third-order valence-electron chi connectivity index (χ3n) is 3.12. The van der Waals surface area contributed by atoms with E-state index in [1.54, 1.807) is 14.0 Å². The van der Waals surface area contributed by atoms with Crippen LogP contribution >= 0.6 is 0 Å². The van der Waals surface area contributed by atoms with E-state index in [0.29, 0.717) is 5.56 Å². The summed E-state index contributed by atoms with van der Waals surface area (Å²) < 4.78 is 1.44. The van der Waals surface area contributed by atoms with Gasteiger partial charge >= 0.3 is 5.97 Å². The van der Waals surface area contributed by atoms with Gasteiger partial charge in [-0.15, -0.1) is 0 Å². The molecule has 19 heavy (non-hydrogen) atoms. The van der Waals surface area contributed by atoms with Crippen LogP contribution in [-0.4, -0.2) is 37.6 Å². The topological polar surface area (TPSA) is 92.5 Å². The highest BCUT2D eigenvalue weighted by Crippen LogP contribution is 2.28. The molecule has 0 bridgehead atoms. The lowest BCUT2D eigenvalue weighted by atomic mass is 9.95. The normalized spacial score (nSPS) is 18.7. The Morgan fingerprint density at radius 2 is 2.00 bits per heavy atom. The molecule has 1 saturated heterocycles. The van der Waals surface area contributed by atoms with Crippen LogP contribution < -0.4 is 0 Å². The molecule has 0 saturated carbocycles. The molecule has 2 heterocycles. The Morgan fingerprint density at radius 1 is 1.42 bits per heavy atom. The summed E-state index contributed by atoms with van der Waals surface area (Å²) in [5, 5.41) is 13.2. The van der Waals surface area contributed by atoms with Crippen molar-refractivity contribution in [2.75, 3.05) is 0 Å². The van der Waals surface area contributed by atoms with Gasteiger partial charge in [-0.1, -0.05) is 6.92 Å². The quantitative estimate of drug-likeness (QED) is 0.795. The molecule has 1 atom stereocenters. The molecule has 2 amide bonds. The number of imide groups is 1. The summed E-state index contributed by atoms with van der Waals surface area (Å²) in [5.41, 5.74) is 0.325. The minimum Gasteiger partial charge on any atom is -0.479 e. The van der Waals surface area contributed by atoms with Crippen molar-refractivity contribution in [2.24, 2.45) is 13.0 Å². The van der Waals surface area contributed by atoms with Crippen molar-refractivity contribution >= 4 is 17.8 Å². The zero-order valence-corrected chi connectivity index (χ0v) is 10.7. The SMILES string of the molecule is CC1CC(=O)N(C(C(=O)O)c2cnn(C)c2)C(=O)C1. The smallest absolute Gasteiger partial charge is 0.331 e. The largest absolute Gasteiger partial charge is 0.479 e. The molecular weight excluding hydrogens is 250 g/mol. The molecule has 1 N–H and O–H groups in total. The Labute approximate surface area is 109 Å². The number of hydrogen-bond acceptors (Lipinski definition) is 4. The van der Waals surface area contributed by atoms with Crippen molar-refractivity contribution in [2.45, 2.75) is 25.8 Å². The maximum Gasteiger partial charge on any atom is 0.331 e. The Morgan fingerprint density at radius 3 is 2.42 bits per heavy atom. The minimum absolute atomic E-state index is 0.0420. The Balaban J connectivity index is 2.37. The van der Waals surface area contributed by atoms with Gasteiger partial charge in [0.05, 0.1) is 6.20 Å². The van der Waals surface area contributed by atoms with Gasteiger partial charge < -0.3 is 5.11 Å². The van der Waals surface area contributed by atoms with E-state index in [1.165, 1.54) is 17.1 Å². The molecule has 0 aliphatic carbocycles. The first-order chi connectivity index (χ1) is 8.90. The van der Waals surface area contributed by atoms with Crippen molar-refractivity contribution < 1.29 is 19.5 Å². The van der Waals surface area contributed by atoms with E-state index in [-0.39, 0.29) is 18.8 Å². The first-order valence-electron chi connectivity index (χ1n) is 5.96. The first-order valence-corrected chi connectivity index (χ1v) is 5.96. The third-order valence-corrected chi connectivity index (χ3v) is 3.12.